The summed E-state index contributed by atoms with van der Waals surface area (Å²) in [5.74, 6) is -0.119. The predicted molar refractivity (Wildman–Crippen MR) is 133 cm³/mol. The molecule has 7 heteroatoms. The molecule has 0 aliphatic carbocycles. The first-order valence-corrected chi connectivity index (χ1v) is 10.9. The highest BCUT2D eigenvalue weighted by Crippen LogP contribution is 2.27. The third kappa shape index (κ3) is 5.79. The Kier molecular flexibility index (Phi) is 7.20. The highest BCUT2D eigenvalue weighted by Gasteiger charge is 2.14. The van der Waals surface area contributed by atoms with Crippen molar-refractivity contribution >= 4 is 40.5 Å². The van der Waals surface area contributed by atoms with Crippen LogP contribution in [0.4, 0.5) is 0 Å². The Labute approximate surface area is 201 Å². The number of aryl methyl sites for hydroxylation is 1. The summed E-state index contributed by atoms with van der Waals surface area (Å²) in [6, 6.07) is 25.1. The van der Waals surface area contributed by atoms with Crippen molar-refractivity contribution < 1.29 is 19.1 Å². The molecule has 4 rings (SSSR count). The fraction of sp³-hybridized carbons (Fsp3) is 0.0741. The van der Waals surface area contributed by atoms with Crippen LogP contribution in [-0.2, 0) is 4.79 Å². The van der Waals surface area contributed by atoms with Crippen LogP contribution in [-0.4, -0.2) is 24.7 Å². The van der Waals surface area contributed by atoms with E-state index in [1.54, 1.807) is 48.5 Å². The van der Waals surface area contributed by atoms with Gasteiger partial charge in [-0.2, -0.15) is 5.10 Å². The largest absolute Gasteiger partial charge is 0.484 e. The van der Waals surface area contributed by atoms with E-state index in [1.807, 2.05) is 43.3 Å². The van der Waals surface area contributed by atoms with Crippen LogP contribution in [0.3, 0.4) is 0 Å². The molecule has 0 aromatic heterocycles. The molecule has 1 N–H and O–H groups in total. The van der Waals surface area contributed by atoms with Crippen molar-refractivity contribution in [2.24, 2.45) is 5.10 Å². The third-order valence-electron chi connectivity index (χ3n) is 4.94. The van der Waals surface area contributed by atoms with Gasteiger partial charge in [-0.25, -0.2) is 10.2 Å². The third-order valence-corrected chi connectivity index (χ3v) is 5.17. The zero-order valence-corrected chi connectivity index (χ0v) is 19.1. The molecule has 0 saturated carbocycles. The summed E-state index contributed by atoms with van der Waals surface area (Å²) in [5, 5.41) is 6.33. The van der Waals surface area contributed by atoms with E-state index in [-0.39, 0.29) is 6.61 Å². The Balaban J connectivity index is 1.51. The highest BCUT2D eigenvalue weighted by molar-refractivity contribution is 6.30. The summed E-state index contributed by atoms with van der Waals surface area (Å²) in [6.45, 7) is 1.67. The maximum atomic E-state index is 12.7. The Morgan fingerprint density at radius 3 is 2.62 bits per heavy atom. The molecule has 0 heterocycles. The number of ether oxygens (including phenoxy) is 2. The summed E-state index contributed by atoms with van der Waals surface area (Å²) >= 11 is 5.92. The number of halogens is 1. The minimum atomic E-state index is -0.479. The highest BCUT2D eigenvalue weighted by atomic mass is 35.5. The van der Waals surface area contributed by atoms with Crippen LogP contribution in [0.5, 0.6) is 11.5 Å². The smallest absolute Gasteiger partial charge is 0.343 e. The molecule has 0 saturated heterocycles. The van der Waals surface area contributed by atoms with Crippen LogP contribution in [0.15, 0.2) is 90.0 Å². The summed E-state index contributed by atoms with van der Waals surface area (Å²) in [7, 11) is 0. The van der Waals surface area contributed by atoms with E-state index in [0.717, 1.165) is 16.3 Å². The van der Waals surface area contributed by atoms with Gasteiger partial charge >= 0.3 is 5.97 Å². The van der Waals surface area contributed by atoms with E-state index < -0.39 is 11.9 Å². The van der Waals surface area contributed by atoms with E-state index in [2.05, 4.69) is 10.5 Å². The standard InChI is InChI=1S/C27H21ClN2O4/c1-18-6-4-8-20(14-18)27(32)34-25-13-12-19-7-2-3-11-23(19)24(25)16-29-30-26(31)17-33-22-10-5-9-21(28)15-22/h2-16H,17H2,1H3,(H,30,31)/b29-16-. The van der Waals surface area contributed by atoms with E-state index in [4.69, 9.17) is 21.1 Å². The fourth-order valence-corrected chi connectivity index (χ4v) is 3.52. The fourth-order valence-electron chi connectivity index (χ4n) is 3.34. The molecule has 0 bridgehead atoms. The lowest BCUT2D eigenvalue weighted by molar-refractivity contribution is -0.123. The zero-order chi connectivity index (χ0) is 23.9. The molecule has 0 aliphatic heterocycles. The zero-order valence-electron chi connectivity index (χ0n) is 18.3. The van der Waals surface area contributed by atoms with Crippen molar-refractivity contribution in [3.05, 3.63) is 107 Å². The molecule has 0 atom stereocenters. The van der Waals surface area contributed by atoms with Gasteiger partial charge in [-0.1, -0.05) is 65.7 Å². The van der Waals surface area contributed by atoms with Gasteiger partial charge < -0.3 is 9.47 Å². The van der Waals surface area contributed by atoms with Gasteiger partial charge in [0.05, 0.1) is 11.8 Å². The van der Waals surface area contributed by atoms with Gasteiger partial charge in [0, 0.05) is 10.6 Å². The minimum Gasteiger partial charge on any atom is -0.484 e. The van der Waals surface area contributed by atoms with Crippen LogP contribution >= 0.6 is 11.6 Å². The molecule has 4 aromatic rings. The van der Waals surface area contributed by atoms with Crippen molar-refractivity contribution in [1.29, 1.82) is 0 Å². The maximum absolute atomic E-state index is 12.7. The van der Waals surface area contributed by atoms with Crippen molar-refractivity contribution in [2.75, 3.05) is 6.61 Å². The molecule has 1 amide bonds. The molecule has 0 fully saturated rings. The molecular formula is C27H21ClN2O4. The van der Waals surface area contributed by atoms with Gasteiger partial charge in [0.15, 0.2) is 6.61 Å². The maximum Gasteiger partial charge on any atom is 0.343 e. The van der Waals surface area contributed by atoms with Gasteiger partial charge in [-0.15, -0.1) is 0 Å². The quantitative estimate of drug-likeness (QED) is 0.165. The number of hydrazone groups is 1. The van der Waals surface area contributed by atoms with Crippen molar-refractivity contribution in [2.45, 2.75) is 6.92 Å². The lowest BCUT2D eigenvalue weighted by atomic mass is 10.0. The molecule has 170 valence electrons. The number of fused-ring (bicyclic) bond motifs is 1. The second-order valence-corrected chi connectivity index (χ2v) is 7.93. The first-order chi connectivity index (χ1) is 16.5. The topological polar surface area (TPSA) is 77.0 Å². The number of nitrogens with one attached hydrogen (secondary N) is 1. The Morgan fingerprint density at radius 2 is 1.79 bits per heavy atom. The van der Waals surface area contributed by atoms with E-state index in [1.165, 1.54) is 6.21 Å². The number of amides is 1. The van der Waals surface area contributed by atoms with Crippen LogP contribution in [0, 0.1) is 6.92 Å². The van der Waals surface area contributed by atoms with E-state index in [9.17, 15) is 9.59 Å². The van der Waals surface area contributed by atoms with Crippen molar-refractivity contribution in [1.82, 2.24) is 5.43 Å². The molecule has 0 aliphatic rings. The van der Waals surface area contributed by atoms with Gasteiger partial charge in [0.2, 0.25) is 0 Å². The van der Waals surface area contributed by atoms with E-state index >= 15 is 0 Å². The molecule has 0 radical (unpaired) electrons. The number of hydrogen-bond donors (Lipinski definition) is 1. The molecule has 6 nitrogen and oxygen atoms in total. The first kappa shape index (κ1) is 23.0. The summed E-state index contributed by atoms with van der Waals surface area (Å²) in [4.78, 5) is 24.9. The number of esters is 1. The van der Waals surface area contributed by atoms with Gasteiger partial charge in [0.25, 0.3) is 5.91 Å². The summed E-state index contributed by atoms with van der Waals surface area (Å²) in [6.07, 6.45) is 1.46. The van der Waals surface area contributed by atoms with Crippen LogP contribution in [0.25, 0.3) is 10.8 Å². The van der Waals surface area contributed by atoms with Crippen LogP contribution in [0.2, 0.25) is 5.02 Å². The molecule has 0 unspecified atom stereocenters. The molecule has 4 aromatic carbocycles. The summed E-state index contributed by atoms with van der Waals surface area (Å²) < 4.78 is 11.1. The molecule has 0 spiro atoms. The lowest BCUT2D eigenvalue weighted by Gasteiger charge is -2.11. The van der Waals surface area contributed by atoms with Gasteiger partial charge in [-0.05, 0) is 54.1 Å². The number of hydrogen-bond acceptors (Lipinski definition) is 5. The Morgan fingerprint density at radius 1 is 0.971 bits per heavy atom. The Hall–Kier alpha value is -4.16. The number of benzene rings is 4. The second-order valence-electron chi connectivity index (χ2n) is 7.50. The van der Waals surface area contributed by atoms with Crippen molar-refractivity contribution in [3.63, 3.8) is 0 Å². The minimum absolute atomic E-state index is 0.234. The monoisotopic (exact) mass is 472 g/mol. The summed E-state index contributed by atoms with van der Waals surface area (Å²) in [5.41, 5.74) is 4.40. The van der Waals surface area contributed by atoms with E-state index in [0.29, 0.717) is 27.6 Å². The number of rotatable bonds is 7. The average molecular weight is 473 g/mol. The van der Waals surface area contributed by atoms with Crippen LogP contribution < -0.4 is 14.9 Å². The van der Waals surface area contributed by atoms with Crippen LogP contribution in [0.1, 0.15) is 21.5 Å². The second kappa shape index (κ2) is 10.6. The number of carbonyl (C=O) groups excluding carboxylic acids is 2. The molecule has 34 heavy (non-hydrogen) atoms. The SMILES string of the molecule is Cc1cccc(C(=O)Oc2ccc3ccccc3c2/C=N\NC(=O)COc2cccc(Cl)c2)c1. The predicted octanol–water partition coefficient (Wildman–Crippen LogP) is 5.55. The lowest BCUT2D eigenvalue weighted by Crippen LogP contribution is -2.24. The first-order valence-electron chi connectivity index (χ1n) is 10.5. The molecular weight excluding hydrogens is 452 g/mol. The normalized spacial score (nSPS) is 10.9. The Bertz CT molecular complexity index is 1380. The van der Waals surface area contributed by atoms with Gasteiger partial charge in [-0.3, -0.25) is 4.79 Å². The number of nitrogens with zero attached hydrogens (tertiary/aromatic N) is 1. The van der Waals surface area contributed by atoms with Gasteiger partial charge in [0.1, 0.15) is 11.5 Å². The average Bonchev–Trinajstić information content (AvgIpc) is 2.84. The van der Waals surface area contributed by atoms with Crippen molar-refractivity contribution in [3.8, 4) is 11.5 Å². The number of carbonyl (C=O) groups is 2.